The van der Waals surface area contributed by atoms with Crippen LogP contribution in [0.25, 0.3) is 0 Å². The van der Waals surface area contributed by atoms with Crippen molar-refractivity contribution in [1.82, 2.24) is 9.80 Å². The second-order valence-electron chi connectivity index (χ2n) is 6.97. The van der Waals surface area contributed by atoms with Crippen molar-refractivity contribution in [3.63, 3.8) is 0 Å². The zero-order valence-corrected chi connectivity index (χ0v) is 14.4. The van der Waals surface area contributed by atoms with Crippen molar-refractivity contribution in [2.24, 2.45) is 17.6 Å². The first kappa shape index (κ1) is 18.4. The van der Waals surface area contributed by atoms with Gasteiger partial charge in [0.05, 0.1) is 6.61 Å². The quantitative estimate of drug-likeness (QED) is 0.614. The van der Waals surface area contributed by atoms with E-state index in [4.69, 9.17) is 10.5 Å². The van der Waals surface area contributed by atoms with E-state index < -0.39 is 5.54 Å². The van der Waals surface area contributed by atoms with Gasteiger partial charge in [-0.05, 0) is 45.7 Å². The van der Waals surface area contributed by atoms with Crippen LogP contribution >= 0.6 is 0 Å². The van der Waals surface area contributed by atoms with E-state index in [0.29, 0.717) is 19.1 Å². The van der Waals surface area contributed by atoms with Gasteiger partial charge < -0.3 is 15.4 Å². The molecular formula is C16H33N3O2. The first-order valence-corrected chi connectivity index (χ1v) is 8.12. The van der Waals surface area contributed by atoms with Crippen molar-refractivity contribution in [3.05, 3.63) is 0 Å². The van der Waals surface area contributed by atoms with Gasteiger partial charge in [0.25, 0.3) is 0 Å². The Labute approximate surface area is 129 Å². The Morgan fingerprint density at radius 3 is 2.38 bits per heavy atom. The minimum absolute atomic E-state index is 0.230. The molecule has 2 N–H and O–H groups in total. The van der Waals surface area contributed by atoms with Gasteiger partial charge in [0.2, 0.25) is 0 Å². The molecular weight excluding hydrogens is 266 g/mol. The summed E-state index contributed by atoms with van der Waals surface area (Å²) in [4.78, 5) is 16.8. The van der Waals surface area contributed by atoms with E-state index in [2.05, 4.69) is 37.7 Å². The van der Waals surface area contributed by atoms with Crippen LogP contribution in [0.15, 0.2) is 0 Å². The summed E-state index contributed by atoms with van der Waals surface area (Å²) in [6.07, 6.45) is 2.08. The highest BCUT2D eigenvalue weighted by Gasteiger charge is 2.50. The zero-order valence-electron chi connectivity index (χ0n) is 14.4. The zero-order chi connectivity index (χ0) is 16.0. The third-order valence-corrected chi connectivity index (χ3v) is 3.93. The topological polar surface area (TPSA) is 58.8 Å². The predicted octanol–water partition coefficient (Wildman–Crippen LogP) is 1.18. The molecule has 124 valence electrons. The molecule has 0 aromatic carbocycles. The molecule has 0 aliphatic heterocycles. The minimum atomic E-state index is -0.836. The predicted molar refractivity (Wildman–Crippen MR) is 86.1 cm³/mol. The van der Waals surface area contributed by atoms with E-state index in [1.165, 1.54) is 0 Å². The fourth-order valence-electron chi connectivity index (χ4n) is 2.69. The largest absolute Gasteiger partial charge is 0.465 e. The third kappa shape index (κ3) is 5.93. The SMILES string of the molecule is CCOC(=O)C(N)(CN(CCN(C)C)CC(C)C)C1CC1. The Bertz CT molecular complexity index is 329. The molecule has 0 amide bonds. The summed E-state index contributed by atoms with van der Waals surface area (Å²) in [5, 5.41) is 0. The number of esters is 1. The van der Waals surface area contributed by atoms with Crippen LogP contribution in [0.5, 0.6) is 0 Å². The molecule has 5 heteroatoms. The first-order valence-electron chi connectivity index (χ1n) is 8.12. The molecule has 1 saturated carbocycles. The van der Waals surface area contributed by atoms with Crippen LogP contribution in [0.2, 0.25) is 0 Å². The standard InChI is InChI=1S/C16H33N3O2/c1-6-21-15(20)16(17,14-7-8-14)12-19(11-13(2)3)10-9-18(4)5/h13-14H,6-12,17H2,1-5H3. The van der Waals surface area contributed by atoms with Gasteiger partial charge in [-0.25, -0.2) is 4.79 Å². The van der Waals surface area contributed by atoms with Gasteiger partial charge in [-0.2, -0.15) is 0 Å². The number of hydrogen-bond acceptors (Lipinski definition) is 5. The van der Waals surface area contributed by atoms with Crippen molar-refractivity contribution in [2.75, 3.05) is 46.9 Å². The Balaban J connectivity index is 2.72. The highest BCUT2D eigenvalue weighted by molar-refractivity contribution is 5.82. The monoisotopic (exact) mass is 299 g/mol. The molecule has 1 fully saturated rings. The van der Waals surface area contributed by atoms with Gasteiger partial charge in [-0.1, -0.05) is 13.8 Å². The van der Waals surface area contributed by atoms with Crippen LogP contribution < -0.4 is 5.73 Å². The molecule has 0 bridgehead atoms. The lowest BCUT2D eigenvalue weighted by Crippen LogP contribution is -2.59. The summed E-state index contributed by atoms with van der Waals surface area (Å²) in [6.45, 7) is 10.1. The van der Waals surface area contributed by atoms with Crippen molar-refractivity contribution < 1.29 is 9.53 Å². The molecule has 5 nitrogen and oxygen atoms in total. The van der Waals surface area contributed by atoms with Gasteiger partial charge in [0.15, 0.2) is 0 Å². The lowest BCUT2D eigenvalue weighted by molar-refractivity contribution is -0.151. The number of nitrogens with zero attached hydrogens (tertiary/aromatic N) is 2. The number of likely N-dealkylation sites (N-methyl/N-ethyl adjacent to an activating group) is 1. The van der Waals surface area contributed by atoms with Crippen molar-refractivity contribution in [1.29, 1.82) is 0 Å². The molecule has 0 radical (unpaired) electrons. The van der Waals surface area contributed by atoms with Crippen molar-refractivity contribution in [2.45, 2.75) is 39.2 Å². The molecule has 0 aromatic heterocycles. The molecule has 0 aromatic rings. The number of nitrogens with two attached hydrogens (primary N) is 1. The van der Waals surface area contributed by atoms with Gasteiger partial charge in [-0.3, -0.25) is 4.90 Å². The molecule has 1 rings (SSSR count). The molecule has 1 aliphatic carbocycles. The lowest BCUT2D eigenvalue weighted by Gasteiger charge is -2.35. The van der Waals surface area contributed by atoms with E-state index in [1.807, 2.05) is 6.92 Å². The number of hydrogen-bond donors (Lipinski definition) is 1. The Kier molecular flexibility index (Phi) is 7.10. The second kappa shape index (κ2) is 8.11. The van der Waals surface area contributed by atoms with Gasteiger partial charge >= 0.3 is 5.97 Å². The van der Waals surface area contributed by atoms with Gasteiger partial charge in [-0.15, -0.1) is 0 Å². The van der Waals surface area contributed by atoms with Gasteiger partial charge in [0.1, 0.15) is 5.54 Å². The summed E-state index contributed by atoms with van der Waals surface area (Å²) in [5.41, 5.74) is 5.65. The molecule has 0 saturated heterocycles. The van der Waals surface area contributed by atoms with Crippen molar-refractivity contribution in [3.8, 4) is 0 Å². The summed E-state index contributed by atoms with van der Waals surface area (Å²) in [6, 6.07) is 0. The number of carbonyl (C=O) groups excluding carboxylic acids is 1. The van der Waals surface area contributed by atoms with E-state index in [0.717, 1.165) is 32.5 Å². The van der Waals surface area contributed by atoms with Crippen LogP contribution in [0.4, 0.5) is 0 Å². The number of ether oxygens (including phenoxy) is 1. The van der Waals surface area contributed by atoms with Gasteiger partial charge in [0, 0.05) is 26.2 Å². The summed E-state index contributed by atoms with van der Waals surface area (Å²) in [7, 11) is 4.13. The maximum atomic E-state index is 12.3. The maximum absolute atomic E-state index is 12.3. The summed E-state index contributed by atoms with van der Waals surface area (Å²) >= 11 is 0. The Morgan fingerprint density at radius 2 is 1.95 bits per heavy atom. The molecule has 1 unspecified atom stereocenters. The Hall–Kier alpha value is -0.650. The average molecular weight is 299 g/mol. The molecule has 0 heterocycles. The lowest BCUT2D eigenvalue weighted by atomic mass is 9.93. The number of rotatable bonds is 10. The molecule has 0 spiro atoms. The van der Waals surface area contributed by atoms with Crippen LogP contribution in [0, 0.1) is 11.8 Å². The van der Waals surface area contributed by atoms with Crippen LogP contribution in [0.1, 0.15) is 33.6 Å². The second-order valence-corrected chi connectivity index (χ2v) is 6.97. The highest BCUT2D eigenvalue weighted by Crippen LogP contribution is 2.39. The third-order valence-electron chi connectivity index (χ3n) is 3.93. The van der Waals surface area contributed by atoms with E-state index in [1.54, 1.807) is 0 Å². The van der Waals surface area contributed by atoms with E-state index in [-0.39, 0.29) is 11.9 Å². The minimum Gasteiger partial charge on any atom is -0.465 e. The highest BCUT2D eigenvalue weighted by atomic mass is 16.5. The summed E-state index contributed by atoms with van der Waals surface area (Å²) < 4.78 is 5.24. The van der Waals surface area contributed by atoms with Crippen LogP contribution in [0.3, 0.4) is 0 Å². The fraction of sp³-hybridized carbons (Fsp3) is 0.938. The van der Waals surface area contributed by atoms with E-state index >= 15 is 0 Å². The molecule has 1 atom stereocenters. The van der Waals surface area contributed by atoms with Crippen LogP contribution in [-0.2, 0) is 9.53 Å². The smallest absolute Gasteiger partial charge is 0.327 e. The molecule has 1 aliphatic rings. The summed E-state index contributed by atoms with van der Waals surface area (Å²) in [5.74, 6) is 0.606. The normalized spacial score (nSPS) is 18.3. The van der Waals surface area contributed by atoms with Crippen LogP contribution in [-0.4, -0.2) is 68.2 Å². The van der Waals surface area contributed by atoms with Crippen molar-refractivity contribution >= 4 is 5.97 Å². The van der Waals surface area contributed by atoms with E-state index in [9.17, 15) is 4.79 Å². The fourth-order valence-corrected chi connectivity index (χ4v) is 2.69. The molecule has 21 heavy (non-hydrogen) atoms. The number of carbonyl (C=O) groups is 1. The Morgan fingerprint density at radius 1 is 1.33 bits per heavy atom. The first-order chi connectivity index (χ1) is 9.79. The average Bonchev–Trinajstić information content (AvgIpc) is 3.19. The maximum Gasteiger partial charge on any atom is 0.327 e.